The maximum atomic E-state index is 12.1. The molecule has 90 valence electrons. The summed E-state index contributed by atoms with van der Waals surface area (Å²) in [6, 6.07) is 10.7. The summed E-state index contributed by atoms with van der Waals surface area (Å²) in [5.74, 6) is -0.351. The van der Waals surface area contributed by atoms with Crippen molar-refractivity contribution in [2.24, 2.45) is 0 Å². The Labute approximate surface area is 103 Å². The molecule has 1 fully saturated rings. The van der Waals surface area contributed by atoms with Crippen molar-refractivity contribution in [1.29, 1.82) is 0 Å². The Kier molecular flexibility index (Phi) is 2.44. The molecule has 1 aliphatic heterocycles. The van der Waals surface area contributed by atoms with Crippen LogP contribution in [0.3, 0.4) is 0 Å². The van der Waals surface area contributed by atoms with Gasteiger partial charge in [0.15, 0.2) is 0 Å². The minimum Gasteiger partial charge on any atom is -0.336 e. The van der Waals surface area contributed by atoms with E-state index in [1.165, 1.54) is 4.90 Å². The first-order chi connectivity index (χ1) is 8.75. The van der Waals surface area contributed by atoms with Crippen LogP contribution in [0.5, 0.6) is 0 Å². The molecule has 0 bridgehead atoms. The summed E-state index contributed by atoms with van der Waals surface area (Å²) in [5.41, 5.74) is 1.05. The van der Waals surface area contributed by atoms with Gasteiger partial charge in [0, 0.05) is 18.5 Å². The largest absolute Gasteiger partial charge is 0.336 e. The van der Waals surface area contributed by atoms with Gasteiger partial charge in [-0.1, -0.05) is 24.3 Å². The van der Waals surface area contributed by atoms with E-state index in [9.17, 15) is 9.59 Å². The van der Waals surface area contributed by atoms with Crippen LogP contribution in [0.25, 0.3) is 10.9 Å². The molecule has 0 radical (unpaired) electrons. The average Bonchev–Trinajstić information content (AvgIpc) is 2.83. The van der Waals surface area contributed by atoms with E-state index in [-0.39, 0.29) is 11.9 Å². The summed E-state index contributed by atoms with van der Waals surface area (Å²) >= 11 is 0. The number of nitrogens with one attached hydrogen (secondary N) is 1. The number of hydrogen-bond acceptors (Lipinski definition) is 3. The fraction of sp³-hybridized carbons (Fsp3) is 0.154. The molecule has 2 heterocycles. The average molecular weight is 241 g/mol. The van der Waals surface area contributed by atoms with Crippen LogP contribution in [0.4, 0.5) is 4.79 Å². The number of fused-ring (bicyclic) bond motifs is 1. The van der Waals surface area contributed by atoms with Crippen molar-refractivity contribution < 1.29 is 9.59 Å². The molecule has 3 amide bonds. The van der Waals surface area contributed by atoms with Crippen molar-refractivity contribution in [2.75, 3.05) is 13.1 Å². The highest BCUT2D eigenvalue weighted by atomic mass is 16.2. The van der Waals surface area contributed by atoms with Gasteiger partial charge in [-0.2, -0.15) is 0 Å². The maximum Gasteiger partial charge on any atom is 0.324 e. The van der Waals surface area contributed by atoms with Crippen LogP contribution in [0.2, 0.25) is 0 Å². The zero-order valence-electron chi connectivity index (χ0n) is 9.59. The van der Waals surface area contributed by atoms with Crippen LogP contribution in [-0.4, -0.2) is 34.9 Å². The molecular formula is C13H11N3O2. The van der Waals surface area contributed by atoms with Crippen molar-refractivity contribution in [3.8, 4) is 0 Å². The highest BCUT2D eigenvalue weighted by Gasteiger charge is 2.27. The second-order valence-electron chi connectivity index (χ2n) is 4.08. The number of para-hydroxylation sites is 1. The second kappa shape index (κ2) is 4.10. The molecule has 18 heavy (non-hydrogen) atoms. The van der Waals surface area contributed by atoms with E-state index in [1.54, 1.807) is 6.07 Å². The third kappa shape index (κ3) is 1.69. The monoisotopic (exact) mass is 241 g/mol. The van der Waals surface area contributed by atoms with E-state index in [0.717, 1.165) is 10.9 Å². The first-order valence-corrected chi connectivity index (χ1v) is 5.71. The summed E-state index contributed by atoms with van der Waals surface area (Å²) in [6.07, 6.45) is 0. The highest BCUT2D eigenvalue weighted by molar-refractivity contribution is 6.04. The lowest BCUT2D eigenvalue weighted by atomic mass is 10.2. The van der Waals surface area contributed by atoms with Gasteiger partial charge in [-0.25, -0.2) is 9.78 Å². The lowest BCUT2D eigenvalue weighted by Gasteiger charge is -2.11. The topological polar surface area (TPSA) is 62.3 Å². The van der Waals surface area contributed by atoms with Crippen molar-refractivity contribution in [3.05, 3.63) is 42.1 Å². The van der Waals surface area contributed by atoms with E-state index >= 15 is 0 Å². The maximum absolute atomic E-state index is 12.1. The van der Waals surface area contributed by atoms with Gasteiger partial charge in [0.25, 0.3) is 5.91 Å². The minimum atomic E-state index is -0.352. The normalized spacial score (nSPS) is 14.9. The van der Waals surface area contributed by atoms with Gasteiger partial charge in [-0.3, -0.25) is 9.69 Å². The van der Waals surface area contributed by atoms with Gasteiger partial charge in [0.2, 0.25) is 0 Å². The SMILES string of the molecule is O=C1NCCN1C(=O)c1ccc2ccccc2n1. The van der Waals surface area contributed by atoms with Gasteiger partial charge < -0.3 is 5.32 Å². The number of aromatic nitrogens is 1. The summed E-state index contributed by atoms with van der Waals surface area (Å²) in [4.78, 5) is 29.0. The minimum absolute atomic E-state index is 0.297. The van der Waals surface area contributed by atoms with Crippen LogP contribution in [0.15, 0.2) is 36.4 Å². The molecule has 5 nitrogen and oxygen atoms in total. The zero-order valence-corrected chi connectivity index (χ0v) is 9.59. The number of amides is 3. The van der Waals surface area contributed by atoms with Crippen LogP contribution in [0, 0.1) is 0 Å². The summed E-state index contributed by atoms with van der Waals surface area (Å²) in [7, 11) is 0. The molecule has 1 aromatic heterocycles. The number of carbonyl (C=O) groups is 2. The van der Waals surface area contributed by atoms with Gasteiger partial charge in [0.05, 0.1) is 5.52 Å². The van der Waals surface area contributed by atoms with Crippen molar-refractivity contribution in [1.82, 2.24) is 15.2 Å². The number of urea groups is 1. The molecular weight excluding hydrogens is 230 g/mol. The van der Waals surface area contributed by atoms with E-state index in [0.29, 0.717) is 18.8 Å². The predicted molar refractivity (Wildman–Crippen MR) is 66.2 cm³/mol. The number of nitrogens with zero attached hydrogens (tertiary/aromatic N) is 2. The van der Waals surface area contributed by atoms with E-state index < -0.39 is 0 Å². The number of hydrogen-bond donors (Lipinski definition) is 1. The molecule has 0 atom stereocenters. The fourth-order valence-corrected chi connectivity index (χ4v) is 1.99. The fourth-order valence-electron chi connectivity index (χ4n) is 1.99. The highest BCUT2D eigenvalue weighted by Crippen LogP contribution is 2.13. The Morgan fingerprint density at radius 3 is 2.83 bits per heavy atom. The van der Waals surface area contributed by atoms with Gasteiger partial charge in [-0.05, 0) is 12.1 Å². The first kappa shape index (κ1) is 10.7. The van der Waals surface area contributed by atoms with Gasteiger partial charge in [-0.15, -0.1) is 0 Å². The Hall–Kier alpha value is -2.43. The van der Waals surface area contributed by atoms with Crippen molar-refractivity contribution >= 4 is 22.8 Å². The zero-order chi connectivity index (χ0) is 12.5. The quantitative estimate of drug-likeness (QED) is 0.820. The van der Waals surface area contributed by atoms with Crippen LogP contribution in [-0.2, 0) is 0 Å². The van der Waals surface area contributed by atoms with Crippen LogP contribution >= 0.6 is 0 Å². The van der Waals surface area contributed by atoms with Gasteiger partial charge in [0.1, 0.15) is 5.69 Å². The smallest absolute Gasteiger partial charge is 0.324 e. The number of rotatable bonds is 1. The van der Waals surface area contributed by atoms with Crippen LogP contribution in [0.1, 0.15) is 10.5 Å². The van der Waals surface area contributed by atoms with E-state index in [4.69, 9.17) is 0 Å². The molecule has 1 aromatic carbocycles. The second-order valence-corrected chi connectivity index (χ2v) is 4.08. The van der Waals surface area contributed by atoms with Crippen LogP contribution < -0.4 is 5.32 Å². The molecule has 0 spiro atoms. The van der Waals surface area contributed by atoms with Crippen molar-refractivity contribution in [2.45, 2.75) is 0 Å². The molecule has 2 aromatic rings. The molecule has 1 N–H and O–H groups in total. The third-order valence-electron chi connectivity index (χ3n) is 2.92. The summed E-state index contributed by atoms with van der Waals surface area (Å²) in [6.45, 7) is 0.893. The molecule has 0 unspecified atom stereocenters. The Balaban J connectivity index is 1.99. The molecule has 0 aliphatic carbocycles. The van der Waals surface area contributed by atoms with E-state index in [1.807, 2.05) is 30.3 Å². The van der Waals surface area contributed by atoms with E-state index in [2.05, 4.69) is 10.3 Å². The number of benzene rings is 1. The number of pyridine rings is 1. The summed E-state index contributed by atoms with van der Waals surface area (Å²) in [5, 5.41) is 3.57. The van der Waals surface area contributed by atoms with Crippen molar-refractivity contribution in [3.63, 3.8) is 0 Å². The first-order valence-electron chi connectivity index (χ1n) is 5.71. The Morgan fingerprint density at radius 2 is 2.06 bits per heavy atom. The predicted octanol–water partition coefficient (Wildman–Crippen LogP) is 1.40. The third-order valence-corrected chi connectivity index (χ3v) is 2.92. The van der Waals surface area contributed by atoms with Gasteiger partial charge >= 0.3 is 6.03 Å². The standard InChI is InChI=1S/C13H11N3O2/c17-12(16-8-7-14-13(16)18)11-6-5-9-3-1-2-4-10(9)15-11/h1-6H,7-8H2,(H,14,18). The Morgan fingerprint density at radius 1 is 1.22 bits per heavy atom. The molecule has 5 heteroatoms. The molecule has 0 saturated carbocycles. The molecule has 3 rings (SSSR count). The number of carbonyl (C=O) groups excluding carboxylic acids is 2. The lowest BCUT2D eigenvalue weighted by molar-refractivity contribution is 0.0824. The Bertz CT molecular complexity index is 639. The molecule has 1 saturated heterocycles. The lowest BCUT2D eigenvalue weighted by Crippen LogP contribution is -2.34. The molecule has 1 aliphatic rings. The summed E-state index contributed by atoms with van der Waals surface area (Å²) < 4.78 is 0. The number of imide groups is 1.